The molecule has 1 N–H and O–H groups in total. The van der Waals surface area contributed by atoms with E-state index in [2.05, 4.69) is 25.9 Å². The molecule has 0 radical (unpaired) electrons. The molecule has 0 bridgehead atoms. The minimum atomic E-state index is -3.05. The van der Waals surface area contributed by atoms with Gasteiger partial charge in [0.05, 0.1) is 11.4 Å². The van der Waals surface area contributed by atoms with Crippen molar-refractivity contribution in [1.82, 2.24) is 5.09 Å². The number of rotatable bonds is 6. The largest absolute Gasteiger partial charge is 0.311 e. The second-order valence-corrected chi connectivity index (χ2v) is 9.73. The van der Waals surface area contributed by atoms with E-state index >= 15 is 0 Å². The van der Waals surface area contributed by atoms with Crippen LogP contribution in [-0.2, 0) is 9.09 Å². The molecule has 4 atom stereocenters. The number of hydrogen-bond donors (Lipinski definition) is 1. The van der Waals surface area contributed by atoms with Crippen LogP contribution in [0.4, 0.5) is 0 Å². The van der Waals surface area contributed by atoms with Gasteiger partial charge in [-0.25, -0.2) is 5.09 Å². The Morgan fingerprint density at radius 3 is 2.35 bits per heavy atom. The number of hydrogen-bond acceptors (Lipinski definition) is 2. The molecule has 0 amide bonds. The maximum absolute atomic E-state index is 13.6. The zero-order valence-electron chi connectivity index (χ0n) is 15.2. The summed E-state index contributed by atoms with van der Waals surface area (Å²) in [7, 11) is -3.05. The van der Waals surface area contributed by atoms with Gasteiger partial charge in [0.15, 0.2) is 0 Å². The lowest BCUT2D eigenvalue weighted by Crippen LogP contribution is -2.37. The van der Waals surface area contributed by atoms with Crippen LogP contribution in [0.15, 0.2) is 30.3 Å². The monoisotopic (exact) mass is 337 g/mol. The van der Waals surface area contributed by atoms with Crippen molar-refractivity contribution in [3.63, 3.8) is 0 Å². The molecule has 1 saturated carbocycles. The summed E-state index contributed by atoms with van der Waals surface area (Å²) in [6.07, 6.45) is 3.48. The first-order valence-corrected chi connectivity index (χ1v) is 10.6. The van der Waals surface area contributed by atoms with Crippen molar-refractivity contribution in [2.75, 3.05) is 0 Å². The fourth-order valence-electron chi connectivity index (χ4n) is 3.56. The standard InChI is InChI=1S/C19H32NO2P/c1-14(2)18-12-11-16(5)13-19(18)22-23(21,20-15(3)4)17-9-7-6-8-10-17/h6-10,14-16,18-19H,11-13H2,1-5H3,(H,20,21)/t16-,18+,19-,23+/m0/s1. The number of benzene rings is 1. The molecular formula is C19H32NO2P. The van der Waals surface area contributed by atoms with Crippen molar-refractivity contribution >= 4 is 12.8 Å². The lowest BCUT2D eigenvalue weighted by molar-refractivity contribution is 0.0480. The Hall–Kier alpha value is -0.630. The quantitative estimate of drug-likeness (QED) is 0.744. The summed E-state index contributed by atoms with van der Waals surface area (Å²) in [5.74, 6) is 1.67. The highest BCUT2D eigenvalue weighted by atomic mass is 31.2. The van der Waals surface area contributed by atoms with Gasteiger partial charge in [0, 0.05) is 6.04 Å². The minimum Gasteiger partial charge on any atom is -0.311 e. The molecule has 23 heavy (non-hydrogen) atoms. The first-order valence-electron chi connectivity index (χ1n) is 8.93. The zero-order valence-corrected chi connectivity index (χ0v) is 16.1. The Kier molecular flexibility index (Phi) is 6.48. The predicted molar refractivity (Wildman–Crippen MR) is 98.2 cm³/mol. The Morgan fingerprint density at radius 2 is 1.78 bits per heavy atom. The van der Waals surface area contributed by atoms with Crippen molar-refractivity contribution in [3.05, 3.63) is 30.3 Å². The first-order chi connectivity index (χ1) is 10.8. The van der Waals surface area contributed by atoms with Gasteiger partial charge >= 0.3 is 0 Å². The van der Waals surface area contributed by atoms with Crippen molar-refractivity contribution in [2.45, 2.75) is 66.0 Å². The van der Waals surface area contributed by atoms with E-state index in [1.54, 1.807) is 0 Å². The summed E-state index contributed by atoms with van der Waals surface area (Å²) in [4.78, 5) is 0. The van der Waals surface area contributed by atoms with Gasteiger partial charge in [-0.2, -0.15) is 0 Å². The highest BCUT2D eigenvalue weighted by Gasteiger charge is 2.38. The van der Waals surface area contributed by atoms with Crippen LogP contribution in [0.1, 0.15) is 53.9 Å². The van der Waals surface area contributed by atoms with Crippen LogP contribution in [0.25, 0.3) is 0 Å². The second kappa shape index (κ2) is 7.96. The minimum absolute atomic E-state index is 0.0658. The maximum Gasteiger partial charge on any atom is 0.300 e. The molecule has 1 fully saturated rings. The summed E-state index contributed by atoms with van der Waals surface area (Å²) in [6, 6.07) is 9.73. The summed E-state index contributed by atoms with van der Waals surface area (Å²) < 4.78 is 20.0. The molecule has 0 saturated heterocycles. The molecule has 0 spiro atoms. The van der Waals surface area contributed by atoms with Gasteiger partial charge in [0.2, 0.25) is 0 Å². The fourth-order valence-corrected chi connectivity index (χ4v) is 5.76. The Labute approximate surface area is 141 Å². The van der Waals surface area contributed by atoms with Crippen molar-refractivity contribution in [1.29, 1.82) is 0 Å². The van der Waals surface area contributed by atoms with E-state index in [-0.39, 0.29) is 12.1 Å². The third kappa shape index (κ3) is 4.92. The van der Waals surface area contributed by atoms with E-state index in [0.717, 1.165) is 11.7 Å². The van der Waals surface area contributed by atoms with Gasteiger partial charge in [-0.15, -0.1) is 0 Å². The summed E-state index contributed by atoms with van der Waals surface area (Å²) in [5.41, 5.74) is 0. The average Bonchev–Trinajstić information content (AvgIpc) is 2.47. The summed E-state index contributed by atoms with van der Waals surface area (Å²) in [6.45, 7) is 10.8. The van der Waals surface area contributed by atoms with Crippen LogP contribution in [0.5, 0.6) is 0 Å². The van der Waals surface area contributed by atoms with Gasteiger partial charge in [0.25, 0.3) is 7.52 Å². The zero-order chi connectivity index (χ0) is 17.0. The van der Waals surface area contributed by atoms with Gasteiger partial charge in [-0.3, -0.25) is 4.57 Å². The van der Waals surface area contributed by atoms with Crippen molar-refractivity contribution in [2.24, 2.45) is 17.8 Å². The highest BCUT2D eigenvalue weighted by Crippen LogP contribution is 2.48. The lowest BCUT2D eigenvalue weighted by atomic mass is 9.75. The molecule has 0 aliphatic heterocycles. The van der Waals surface area contributed by atoms with E-state index in [9.17, 15) is 4.57 Å². The average molecular weight is 337 g/mol. The van der Waals surface area contributed by atoms with Crippen molar-refractivity contribution in [3.8, 4) is 0 Å². The normalized spacial score (nSPS) is 28.0. The smallest absolute Gasteiger partial charge is 0.300 e. The molecule has 1 aliphatic carbocycles. The molecule has 2 rings (SSSR count). The molecule has 130 valence electrons. The van der Waals surface area contributed by atoms with E-state index in [0.29, 0.717) is 17.8 Å². The molecule has 0 unspecified atom stereocenters. The molecule has 0 heterocycles. The van der Waals surface area contributed by atoms with Gasteiger partial charge < -0.3 is 4.52 Å². The fraction of sp³-hybridized carbons (Fsp3) is 0.684. The molecule has 4 heteroatoms. The highest BCUT2D eigenvalue weighted by molar-refractivity contribution is 7.65. The third-order valence-electron chi connectivity index (χ3n) is 4.77. The first kappa shape index (κ1) is 18.7. The molecule has 1 aromatic carbocycles. The molecular weight excluding hydrogens is 305 g/mol. The van der Waals surface area contributed by atoms with Crippen molar-refractivity contribution < 1.29 is 9.09 Å². The Balaban J connectivity index is 2.27. The van der Waals surface area contributed by atoms with E-state index in [1.807, 2.05) is 44.2 Å². The van der Waals surface area contributed by atoms with Gasteiger partial charge in [-0.1, -0.05) is 45.4 Å². The maximum atomic E-state index is 13.6. The van der Waals surface area contributed by atoms with Crippen LogP contribution in [0.3, 0.4) is 0 Å². The van der Waals surface area contributed by atoms with Crippen LogP contribution in [0, 0.1) is 17.8 Å². The molecule has 1 aromatic rings. The van der Waals surface area contributed by atoms with Crippen LogP contribution < -0.4 is 10.4 Å². The van der Waals surface area contributed by atoms with Crippen LogP contribution >= 0.6 is 7.52 Å². The van der Waals surface area contributed by atoms with Crippen LogP contribution in [-0.4, -0.2) is 12.1 Å². The van der Waals surface area contributed by atoms with Crippen LogP contribution in [0.2, 0.25) is 0 Å². The Morgan fingerprint density at radius 1 is 1.13 bits per heavy atom. The molecule has 0 aromatic heterocycles. The van der Waals surface area contributed by atoms with E-state index in [4.69, 9.17) is 4.52 Å². The molecule has 1 aliphatic rings. The SMILES string of the molecule is CC(C)N[P@](=O)(O[C@H]1C[C@@H](C)CC[C@@H]1C(C)C)c1ccccc1. The van der Waals surface area contributed by atoms with E-state index in [1.165, 1.54) is 12.8 Å². The van der Waals surface area contributed by atoms with E-state index < -0.39 is 7.52 Å². The topological polar surface area (TPSA) is 38.3 Å². The Bertz CT molecular complexity index is 529. The second-order valence-electron chi connectivity index (χ2n) is 7.64. The molecule has 3 nitrogen and oxygen atoms in total. The lowest BCUT2D eigenvalue weighted by Gasteiger charge is -2.39. The number of nitrogens with one attached hydrogen (secondary N) is 1. The van der Waals surface area contributed by atoms with Gasteiger partial charge in [0.1, 0.15) is 0 Å². The summed E-state index contributed by atoms with van der Waals surface area (Å²) >= 11 is 0. The predicted octanol–water partition coefficient (Wildman–Crippen LogP) is 4.98. The van der Waals surface area contributed by atoms with Gasteiger partial charge in [-0.05, 0) is 56.6 Å². The third-order valence-corrected chi connectivity index (χ3v) is 7.17. The summed E-state index contributed by atoms with van der Waals surface area (Å²) in [5, 5.41) is 4.00.